The third-order valence-electron chi connectivity index (χ3n) is 5.69. The van der Waals surface area contributed by atoms with Crippen molar-refractivity contribution in [3.05, 3.63) is 59.2 Å². The Labute approximate surface area is 192 Å². The van der Waals surface area contributed by atoms with Gasteiger partial charge in [0, 0.05) is 12.1 Å². The third kappa shape index (κ3) is 6.84. The normalized spacial score (nSPS) is 12.2. The van der Waals surface area contributed by atoms with Gasteiger partial charge < -0.3 is 14.8 Å². The first-order chi connectivity index (χ1) is 15.2. The van der Waals surface area contributed by atoms with Gasteiger partial charge in [-0.15, -0.1) is 0 Å². The number of hydrogen-bond donors (Lipinski definition) is 1. The standard InChI is InChI=1S/C27H37NO4/c1-7-8-9-12-19(21-13-10-11-14-24(21)31-5)18-25(29)28-23-17-20(26(30)32-6)15-16-22(23)27(2,3)4/h10-11,13-17,19H,7-9,12,18H2,1-6H3,(H,28,29). The fourth-order valence-electron chi connectivity index (χ4n) is 3.98. The van der Waals surface area contributed by atoms with Crippen LogP contribution in [0.5, 0.6) is 5.75 Å². The Morgan fingerprint density at radius 1 is 1.03 bits per heavy atom. The van der Waals surface area contributed by atoms with Crippen LogP contribution < -0.4 is 10.1 Å². The second-order valence-electron chi connectivity index (χ2n) is 9.19. The molecule has 0 aliphatic carbocycles. The molecular formula is C27H37NO4. The molecule has 32 heavy (non-hydrogen) atoms. The lowest BCUT2D eigenvalue weighted by atomic mass is 9.85. The highest BCUT2D eigenvalue weighted by atomic mass is 16.5. The summed E-state index contributed by atoms with van der Waals surface area (Å²) in [5.41, 5.74) is 2.90. The minimum absolute atomic E-state index is 0.0552. The number of carbonyl (C=O) groups excluding carboxylic acids is 2. The van der Waals surface area contributed by atoms with Crippen molar-refractivity contribution in [3.63, 3.8) is 0 Å². The lowest BCUT2D eigenvalue weighted by Crippen LogP contribution is -2.21. The van der Waals surface area contributed by atoms with E-state index in [2.05, 4.69) is 33.0 Å². The lowest BCUT2D eigenvalue weighted by Gasteiger charge is -2.25. The average Bonchev–Trinajstić information content (AvgIpc) is 2.77. The fourth-order valence-corrected chi connectivity index (χ4v) is 3.98. The van der Waals surface area contributed by atoms with E-state index in [4.69, 9.17) is 9.47 Å². The first kappa shape index (κ1) is 25.4. The van der Waals surface area contributed by atoms with Crippen LogP contribution >= 0.6 is 0 Å². The summed E-state index contributed by atoms with van der Waals surface area (Å²) in [6, 6.07) is 13.3. The number of methoxy groups -OCH3 is 2. The first-order valence-corrected chi connectivity index (χ1v) is 11.4. The number of anilines is 1. The first-order valence-electron chi connectivity index (χ1n) is 11.4. The van der Waals surface area contributed by atoms with Crippen molar-refractivity contribution in [2.45, 2.75) is 71.1 Å². The van der Waals surface area contributed by atoms with E-state index in [0.717, 1.165) is 42.6 Å². The van der Waals surface area contributed by atoms with E-state index in [1.54, 1.807) is 19.2 Å². The Hall–Kier alpha value is -2.82. The van der Waals surface area contributed by atoms with Gasteiger partial charge in [0.25, 0.3) is 0 Å². The number of para-hydroxylation sites is 1. The Morgan fingerprint density at radius 2 is 1.75 bits per heavy atom. The zero-order valence-corrected chi connectivity index (χ0v) is 20.3. The summed E-state index contributed by atoms with van der Waals surface area (Å²) in [7, 11) is 3.02. The molecule has 0 radical (unpaired) electrons. The molecule has 5 heteroatoms. The second-order valence-corrected chi connectivity index (χ2v) is 9.19. The van der Waals surface area contributed by atoms with Crippen molar-refractivity contribution < 1.29 is 19.1 Å². The van der Waals surface area contributed by atoms with Crippen molar-refractivity contribution >= 4 is 17.6 Å². The molecular weight excluding hydrogens is 402 g/mol. The third-order valence-corrected chi connectivity index (χ3v) is 5.69. The molecule has 1 amide bonds. The smallest absolute Gasteiger partial charge is 0.337 e. The van der Waals surface area contributed by atoms with Crippen LogP contribution in [0, 0.1) is 0 Å². The van der Waals surface area contributed by atoms with Gasteiger partial charge in [0.05, 0.1) is 19.8 Å². The largest absolute Gasteiger partial charge is 0.496 e. The van der Waals surface area contributed by atoms with E-state index >= 15 is 0 Å². The highest BCUT2D eigenvalue weighted by Crippen LogP contribution is 2.35. The van der Waals surface area contributed by atoms with Gasteiger partial charge in [0.1, 0.15) is 5.75 Å². The molecule has 2 aromatic carbocycles. The van der Waals surface area contributed by atoms with Crippen LogP contribution in [0.3, 0.4) is 0 Å². The minimum Gasteiger partial charge on any atom is -0.496 e. The molecule has 1 N–H and O–H groups in total. The Bertz CT molecular complexity index is 914. The van der Waals surface area contributed by atoms with E-state index in [1.165, 1.54) is 7.11 Å². The molecule has 0 aromatic heterocycles. The highest BCUT2D eigenvalue weighted by Gasteiger charge is 2.23. The number of ether oxygens (including phenoxy) is 2. The van der Waals surface area contributed by atoms with Crippen molar-refractivity contribution in [2.24, 2.45) is 0 Å². The van der Waals surface area contributed by atoms with E-state index < -0.39 is 5.97 Å². The fraction of sp³-hybridized carbons (Fsp3) is 0.481. The molecule has 174 valence electrons. The minimum atomic E-state index is -0.424. The molecule has 1 atom stereocenters. The van der Waals surface area contributed by atoms with Crippen molar-refractivity contribution in [3.8, 4) is 5.75 Å². The summed E-state index contributed by atoms with van der Waals surface area (Å²) < 4.78 is 10.4. The van der Waals surface area contributed by atoms with Gasteiger partial charge in [-0.05, 0) is 47.1 Å². The maximum absolute atomic E-state index is 13.2. The highest BCUT2D eigenvalue weighted by molar-refractivity contribution is 5.96. The molecule has 0 aliphatic rings. The maximum Gasteiger partial charge on any atom is 0.337 e. The molecule has 5 nitrogen and oxygen atoms in total. The molecule has 0 saturated carbocycles. The van der Waals surface area contributed by atoms with Gasteiger partial charge in [-0.1, -0.05) is 71.2 Å². The van der Waals surface area contributed by atoms with Crippen molar-refractivity contribution in [1.29, 1.82) is 0 Å². The number of hydrogen-bond acceptors (Lipinski definition) is 4. The van der Waals surface area contributed by atoms with E-state index in [-0.39, 0.29) is 17.2 Å². The predicted octanol–water partition coefficient (Wildman–Crippen LogP) is 6.47. The van der Waals surface area contributed by atoms with Crippen molar-refractivity contribution in [2.75, 3.05) is 19.5 Å². The molecule has 2 rings (SSSR count). The quantitative estimate of drug-likeness (QED) is 0.340. The van der Waals surface area contributed by atoms with Crippen LogP contribution in [0.25, 0.3) is 0 Å². The summed E-state index contributed by atoms with van der Waals surface area (Å²) >= 11 is 0. The van der Waals surface area contributed by atoms with Crippen LogP contribution in [0.4, 0.5) is 5.69 Å². The Morgan fingerprint density at radius 3 is 2.38 bits per heavy atom. The van der Waals surface area contributed by atoms with Gasteiger partial charge in [0.15, 0.2) is 0 Å². The van der Waals surface area contributed by atoms with Crippen molar-refractivity contribution in [1.82, 2.24) is 0 Å². The molecule has 0 spiro atoms. The number of rotatable bonds is 10. The molecule has 0 saturated heterocycles. The monoisotopic (exact) mass is 439 g/mol. The van der Waals surface area contributed by atoms with Gasteiger partial charge in [-0.3, -0.25) is 4.79 Å². The molecule has 0 aliphatic heterocycles. The van der Waals surface area contributed by atoms with E-state index in [0.29, 0.717) is 17.7 Å². The average molecular weight is 440 g/mol. The summed E-state index contributed by atoms with van der Waals surface area (Å²) in [5.74, 6) is 0.363. The summed E-state index contributed by atoms with van der Waals surface area (Å²) in [6.45, 7) is 8.42. The summed E-state index contributed by atoms with van der Waals surface area (Å²) in [4.78, 5) is 25.2. The lowest BCUT2D eigenvalue weighted by molar-refractivity contribution is -0.116. The number of esters is 1. The number of carbonyl (C=O) groups is 2. The van der Waals surface area contributed by atoms with E-state index in [9.17, 15) is 9.59 Å². The zero-order chi connectivity index (χ0) is 23.7. The van der Waals surface area contributed by atoms with Crippen LogP contribution in [0.15, 0.2) is 42.5 Å². The topological polar surface area (TPSA) is 64.6 Å². The van der Waals surface area contributed by atoms with Crippen LogP contribution in [-0.2, 0) is 14.9 Å². The Kier molecular flexibility index (Phi) is 9.30. The predicted molar refractivity (Wildman–Crippen MR) is 130 cm³/mol. The zero-order valence-electron chi connectivity index (χ0n) is 20.3. The molecule has 1 unspecified atom stereocenters. The summed E-state index contributed by atoms with van der Waals surface area (Å²) in [5, 5.41) is 3.08. The van der Waals surface area contributed by atoms with E-state index in [1.807, 2.05) is 30.3 Å². The summed E-state index contributed by atoms with van der Waals surface area (Å²) in [6.07, 6.45) is 4.56. The molecule has 0 bridgehead atoms. The van der Waals surface area contributed by atoms with Gasteiger partial charge in [0.2, 0.25) is 5.91 Å². The Balaban J connectivity index is 2.31. The van der Waals surface area contributed by atoms with Crippen LogP contribution in [0.1, 0.15) is 87.2 Å². The van der Waals surface area contributed by atoms with Crippen LogP contribution in [-0.4, -0.2) is 26.1 Å². The van der Waals surface area contributed by atoms with Gasteiger partial charge in [-0.25, -0.2) is 4.79 Å². The second kappa shape index (κ2) is 11.7. The van der Waals surface area contributed by atoms with Gasteiger partial charge in [-0.2, -0.15) is 0 Å². The van der Waals surface area contributed by atoms with Crippen LogP contribution in [0.2, 0.25) is 0 Å². The van der Waals surface area contributed by atoms with Gasteiger partial charge >= 0.3 is 5.97 Å². The molecule has 2 aromatic rings. The maximum atomic E-state index is 13.2. The number of amides is 1. The SMILES string of the molecule is CCCCCC(CC(=O)Nc1cc(C(=O)OC)ccc1C(C)(C)C)c1ccccc1OC. The molecule has 0 heterocycles. The molecule has 0 fully saturated rings. The number of benzene rings is 2. The number of nitrogens with one attached hydrogen (secondary N) is 1. The number of unbranched alkanes of at least 4 members (excludes halogenated alkanes) is 2.